The van der Waals surface area contributed by atoms with Gasteiger partial charge in [0.15, 0.2) is 5.96 Å². The molecule has 2 rings (SSSR count). The van der Waals surface area contributed by atoms with Gasteiger partial charge in [-0.15, -0.1) is 24.0 Å². The van der Waals surface area contributed by atoms with Crippen molar-refractivity contribution < 1.29 is 9.26 Å². The second-order valence-corrected chi connectivity index (χ2v) is 5.69. The molecule has 7 nitrogen and oxygen atoms in total. The molecule has 0 aromatic carbocycles. The van der Waals surface area contributed by atoms with Gasteiger partial charge >= 0.3 is 0 Å². The molecule has 0 amide bonds. The highest BCUT2D eigenvalue weighted by molar-refractivity contribution is 14.0. The average molecular weight is 451 g/mol. The van der Waals surface area contributed by atoms with E-state index in [-0.39, 0.29) is 24.0 Å². The summed E-state index contributed by atoms with van der Waals surface area (Å²) in [4.78, 5) is 7.03. The number of hydrogen-bond donors (Lipinski definition) is 2. The van der Waals surface area contributed by atoms with E-state index in [1.54, 1.807) is 0 Å². The van der Waals surface area contributed by atoms with Crippen LogP contribution in [0.3, 0.4) is 0 Å². The summed E-state index contributed by atoms with van der Waals surface area (Å²) in [6.45, 7) is 13.1. The van der Waals surface area contributed by atoms with Gasteiger partial charge in [-0.05, 0) is 27.2 Å². The van der Waals surface area contributed by atoms with Crippen LogP contribution in [0.2, 0.25) is 0 Å². The van der Waals surface area contributed by atoms with Crippen LogP contribution in [-0.2, 0) is 11.2 Å². The number of nitrogens with one attached hydrogen (secondary N) is 2. The molecular weight excluding hydrogens is 421 g/mol. The van der Waals surface area contributed by atoms with Crippen LogP contribution < -0.4 is 10.6 Å². The van der Waals surface area contributed by atoms with E-state index in [0.29, 0.717) is 0 Å². The zero-order valence-electron chi connectivity index (χ0n) is 14.9. The van der Waals surface area contributed by atoms with Crippen molar-refractivity contribution in [3.63, 3.8) is 0 Å². The largest absolute Gasteiger partial charge is 0.379 e. The number of hydrogen-bond acceptors (Lipinski definition) is 5. The molecule has 1 saturated heterocycles. The Morgan fingerprint density at radius 2 is 2.00 bits per heavy atom. The number of nitrogens with zero attached hydrogens (tertiary/aromatic N) is 3. The Morgan fingerprint density at radius 1 is 1.25 bits per heavy atom. The smallest absolute Gasteiger partial charge is 0.191 e. The van der Waals surface area contributed by atoms with Gasteiger partial charge in [0, 0.05) is 38.3 Å². The van der Waals surface area contributed by atoms with Crippen LogP contribution in [0.1, 0.15) is 23.9 Å². The fraction of sp³-hybridized carbons (Fsp3) is 0.750. The average Bonchev–Trinajstić information content (AvgIpc) is 2.88. The van der Waals surface area contributed by atoms with Crippen LogP contribution in [0.5, 0.6) is 0 Å². The van der Waals surface area contributed by atoms with E-state index in [9.17, 15) is 0 Å². The first-order valence-corrected chi connectivity index (χ1v) is 8.44. The Balaban J connectivity index is 0.00000288. The van der Waals surface area contributed by atoms with E-state index in [1.807, 2.05) is 13.8 Å². The number of morpholine rings is 1. The van der Waals surface area contributed by atoms with Gasteiger partial charge in [-0.3, -0.25) is 9.89 Å². The summed E-state index contributed by atoms with van der Waals surface area (Å²) < 4.78 is 10.6. The Morgan fingerprint density at radius 3 is 2.62 bits per heavy atom. The third-order valence-corrected chi connectivity index (χ3v) is 3.98. The summed E-state index contributed by atoms with van der Waals surface area (Å²) >= 11 is 0. The highest BCUT2D eigenvalue weighted by Gasteiger charge is 2.10. The molecule has 0 radical (unpaired) electrons. The molecule has 2 N–H and O–H groups in total. The fourth-order valence-electron chi connectivity index (χ4n) is 2.63. The van der Waals surface area contributed by atoms with Gasteiger partial charge in [0.05, 0.1) is 25.5 Å². The lowest BCUT2D eigenvalue weighted by atomic mass is 10.1. The highest BCUT2D eigenvalue weighted by Crippen LogP contribution is 2.11. The van der Waals surface area contributed by atoms with E-state index in [4.69, 9.17) is 9.26 Å². The summed E-state index contributed by atoms with van der Waals surface area (Å²) in [6.07, 6.45) is 0.884. The number of halogens is 1. The van der Waals surface area contributed by atoms with Gasteiger partial charge < -0.3 is 19.9 Å². The van der Waals surface area contributed by atoms with Gasteiger partial charge in [0.25, 0.3) is 0 Å². The maximum Gasteiger partial charge on any atom is 0.191 e. The molecule has 138 valence electrons. The Kier molecular flexibility index (Phi) is 10.3. The molecule has 2 heterocycles. The van der Waals surface area contributed by atoms with Crippen LogP contribution in [-0.4, -0.2) is 68.5 Å². The van der Waals surface area contributed by atoms with Gasteiger partial charge in [0.1, 0.15) is 5.76 Å². The predicted molar refractivity (Wildman–Crippen MR) is 106 cm³/mol. The normalized spacial score (nSPS) is 15.9. The van der Waals surface area contributed by atoms with Crippen molar-refractivity contribution in [3.8, 4) is 0 Å². The minimum absolute atomic E-state index is 0. The van der Waals surface area contributed by atoms with Gasteiger partial charge in [0.2, 0.25) is 0 Å². The van der Waals surface area contributed by atoms with Gasteiger partial charge in [-0.25, -0.2) is 0 Å². The minimum Gasteiger partial charge on any atom is -0.379 e. The first-order chi connectivity index (χ1) is 11.2. The van der Waals surface area contributed by atoms with Crippen LogP contribution >= 0.6 is 24.0 Å². The molecule has 0 unspecified atom stereocenters. The van der Waals surface area contributed by atoms with Crippen molar-refractivity contribution in [2.24, 2.45) is 4.99 Å². The van der Waals surface area contributed by atoms with Crippen molar-refractivity contribution in [2.75, 3.05) is 52.5 Å². The summed E-state index contributed by atoms with van der Waals surface area (Å²) in [5, 5.41) is 10.7. The first kappa shape index (κ1) is 21.2. The van der Waals surface area contributed by atoms with E-state index in [1.165, 1.54) is 5.56 Å². The monoisotopic (exact) mass is 451 g/mol. The molecule has 1 fully saturated rings. The quantitative estimate of drug-likeness (QED) is 0.370. The SMILES string of the molecule is CCNC(=NCCN1CCOCC1)NCCc1c(C)noc1C.I. The summed E-state index contributed by atoms with van der Waals surface area (Å²) in [7, 11) is 0. The molecule has 0 aliphatic carbocycles. The Labute approximate surface area is 161 Å². The second-order valence-electron chi connectivity index (χ2n) is 5.69. The number of aromatic nitrogens is 1. The van der Waals surface area contributed by atoms with E-state index in [2.05, 4.69) is 32.6 Å². The van der Waals surface area contributed by atoms with Crippen molar-refractivity contribution in [1.82, 2.24) is 20.7 Å². The summed E-state index contributed by atoms with van der Waals surface area (Å²) in [6, 6.07) is 0. The molecule has 1 aliphatic rings. The Bertz CT molecular complexity index is 481. The number of guanidine groups is 1. The van der Waals surface area contributed by atoms with Crippen LogP contribution in [0, 0.1) is 13.8 Å². The molecule has 8 heteroatoms. The third kappa shape index (κ3) is 6.94. The van der Waals surface area contributed by atoms with Gasteiger partial charge in [-0.1, -0.05) is 5.16 Å². The maximum atomic E-state index is 5.36. The Hall–Kier alpha value is -0.870. The lowest BCUT2D eigenvalue weighted by Crippen LogP contribution is -2.40. The third-order valence-electron chi connectivity index (χ3n) is 3.98. The van der Waals surface area contributed by atoms with E-state index < -0.39 is 0 Å². The van der Waals surface area contributed by atoms with Crippen LogP contribution in [0.4, 0.5) is 0 Å². The first-order valence-electron chi connectivity index (χ1n) is 8.44. The minimum atomic E-state index is 0. The maximum absolute atomic E-state index is 5.36. The lowest BCUT2D eigenvalue weighted by Gasteiger charge is -2.25. The van der Waals surface area contributed by atoms with Crippen molar-refractivity contribution in [3.05, 3.63) is 17.0 Å². The van der Waals surface area contributed by atoms with Crippen molar-refractivity contribution in [1.29, 1.82) is 0 Å². The highest BCUT2D eigenvalue weighted by atomic mass is 127. The molecule has 1 aliphatic heterocycles. The number of rotatable bonds is 7. The molecule has 1 aromatic rings. The van der Waals surface area contributed by atoms with Gasteiger partial charge in [-0.2, -0.15) is 0 Å². The lowest BCUT2D eigenvalue weighted by molar-refractivity contribution is 0.0394. The van der Waals surface area contributed by atoms with Crippen LogP contribution in [0.15, 0.2) is 9.52 Å². The zero-order valence-corrected chi connectivity index (χ0v) is 17.3. The number of ether oxygens (including phenoxy) is 1. The topological polar surface area (TPSA) is 74.9 Å². The predicted octanol–water partition coefficient (Wildman–Crippen LogP) is 1.34. The standard InChI is InChI=1S/C16H29N5O2.HI/c1-4-17-16(19-7-8-21-9-11-22-12-10-21)18-6-5-15-13(2)20-23-14(15)3;/h4-12H2,1-3H3,(H2,17,18,19);1H. The summed E-state index contributed by atoms with van der Waals surface area (Å²) in [5.74, 6) is 1.77. The van der Waals surface area contributed by atoms with Crippen molar-refractivity contribution in [2.45, 2.75) is 27.2 Å². The van der Waals surface area contributed by atoms with E-state index in [0.717, 1.165) is 76.3 Å². The number of aliphatic imine (C=N–C) groups is 1. The molecule has 24 heavy (non-hydrogen) atoms. The number of aryl methyl sites for hydroxylation is 2. The second kappa shape index (κ2) is 11.6. The zero-order chi connectivity index (χ0) is 16.5. The van der Waals surface area contributed by atoms with E-state index >= 15 is 0 Å². The molecule has 0 atom stereocenters. The molecule has 1 aromatic heterocycles. The molecule has 0 spiro atoms. The molecule has 0 saturated carbocycles. The molecular formula is C16H30IN5O2. The summed E-state index contributed by atoms with van der Waals surface area (Å²) in [5.41, 5.74) is 2.15. The van der Waals surface area contributed by atoms with Crippen LogP contribution in [0.25, 0.3) is 0 Å². The van der Waals surface area contributed by atoms with Crippen molar-refractivity contribution >= 4 is 29.9 Å². The fourth-order valence-corrected chi connectivity index (χ4v) is 2.63. The molecule has 0 bridgehead atoms.